The maximum absolute atomic E-state index is 12.3. The standard InChI is InChI=1S/C16H22N4O2.ClH/c1-11(2)14(17)15(21)19-7-9-20(10-8-19)16-18-12-5-3-4-6-13(12)22-16;/h3-6,11,14H,7-10,17H2,1-2H3;1H/t14-;/m0./s1. The number of para-hydroxylation sites is 2. The highest BCUT2D eigenvalue weighted by Crippen LogP contribution is 2.22. The molecule has 1 saturated heterocycles. The van der Waals surface area contributed by atoms with Gasteiger partial charge >= 0.3 is 0 Å². The highest BCUT2D eigenvalue weighted by molar-refractivity contribution is 5.85. The van der Waals surface area contributed by atoms with Crippen molar-refractivity contribution in [2.75, 3.05) is 31.1 Å². The van der Waals surface area contributed by atoms with Crippen LogP contribution in [-0.4, -0.2) is 48.0 Å². The molecule has 1 amide bonds. The zero-order valence-corrected chi connectivity index (χ0v) is 14.3. The van der Waals surface area contributed by atoms with E-state index in [9.17, 15) is 4.79 Å². The average Bonchev–Trinajstić information content (AvgIpc) is 2.97. The van der Waals surface area contributed by atoms with Gasteiger partial charge in [0.1, 0.15) is 5.52 Å². The van der Waals surface area contributed by atoms with Crippen molar-refractivity contribution < 1.29 is 9.21 Å². The van der Waals surface area contributed by atoms with Crippen LogP contribution in [0.5, 0.6) is 0 Å². The Labute approximate surface area is 142 Å². The minimum Gasteiger partial charge on any atom is -0.423 e. The molecule has 1 aliphatic heterocycles. The van der Waals surface area contributed by atoms with Crippen LogP contribution in [0.4, 0.5) is 6.01 Å². The summed E-state index contributed by atoms with van der Waals surface area (Å²) in [7, 11) is 0. The quantitative estimate of drug-likeness (QED) is 0.924. The van der Waals surface area contributed by atoms with Crippen molar-refractivity contribution in [3.8, 4) is 0 Å². The molecule has 0 unspecified atom stereocenters. The number of rotatable bonds is 3. The number of amides is 1. The summed E-state index contributed by atoms with van der Waals surface area (Å²) in [6.45, 7) is 6.66. The first-order chi connectivity index (χ1) is 10.6. The topological polar surface area (TPSA) is 75.6 Å². The summed E-state index contributed by atoms with van der Waals surface area (Å²) in [6, 6.07) is 7.92. The molecule has 23 heavy (non-hydrogen) atoms. The molecule has 2 aromatic rings. The van der Waals surface area contributed by atoms with E-state index in [1.54, 1.807) is 0 Å². The summed E-state index contributed by atoms with van der Waals surface area (Å²) in [5.74, 6) is 0.190. The summed E-state index contributed by atoms with van der Waals surface area (Å²) in [5.41, 5.74) is 7.60. The van der Waals surface area contributed by atoms with Crippen molar-refractivity contribution in [1.29, 1.82) is 0 Å². The number of carbonyl (C=O) groups is 1. The number of nitrogens with zero attached hydrogens (tertiary/aromatic N) is 3. The van der Waals surface area contributed by atoms with Crippen molar-refractivity contribution in [3.63, 3.8) is 0 Å². The number of benzene rings is 1. The van der Waals surface area contributed by atoms with Gasteiger partial charge in [-0.1, -0.05) is 26.0 Å². The minimum atomic E-state index is -0.420. The van der Waals surface area contributed by atoms with Gasteiger partial charge in [0.15, 0.2) is 5.58 Å². The lowest BCUT2D eigenvalue weighted by molar-refractivity contribution is -0.133. The average molecular weight is 339 g/mol. The molecule has 126 valence electrons. The highest BCUT2D eigenvalue weighted by Gasteiger charge is 2.28. The molecule has 0 radical (unpaired) electrons. The first-order valence-electron chi connectivity index (χ1n) is 7.71. The number of halogens is 1. The van der Waals surface area contributed by atoms with Gasteiger partial charge in [-0.15, -0.1) is 12.4 Å². The Morgan fingerprint density at radius 3 is 2.48 bits per heavy atom. The molecule has 0 saturated carbocycles. The van der Waals surface area contributed by atoms with Crippen LogP contribution in [0.25, 0.3) is 11.1 Å². The van der Waals surface area contributed by atoms with E-state index in [1.165, 1.54) is 0 Å². The molecular weight excluding hydrogens is 316 g/mol. The maximum Gasteiger partial charge on any atom is 0.298 e. The highest BCUT2D eigenvalue weighted by atomic mass is 35.5. The summed E-state index contributed by atoms with van der Waals surface area (Å²) >= 11 is 0. The zero-order chi connectivity index (χ0) is 15.7. The molecule has 1 fully saturated rings. The smallest absolute Gasteiger partial charge is 0.298 e. The number of hydrogen-bond acceptors (Lipinski definition) is 5. The van der Waals surface area contributed by atoms with Gasteiger partial charge in [-0.25, -0.2) is 0 Å². The van der Waals surface area contributed by atoms with Gasteiger partial charge in [0.2, 0.25) is 5.91 Å². The van der Waals surface area contributed by atoms with Crippen molar-refractivity contribution in [3.05, 3.63) is 24.3 Å². The first-order valence-corrected chi connectivity index (χ1v) is 7.71. The lowest BCUT2D eigenvalue weighted by atomic mass is 10.0. The molecule has 7 heteroatoms. The number of aromatic nitrogens is 1. The van der Waals surface area contributed by atoms with E-state index in [1.807, 2.05) is 43.0 Å². The lowest BCUT2D eigenvalue weighted by Crippen LogP contribution is -2.54. The van der Waals surface area contributed by atoms with Crippen molar-refractivity contribution in [2.45, 2.75) is 19.9 Å². The second kappa shape index (κ2) is 7.19. The third-order valence-electron chi connectivity index (χ3n) is 4.15. The SMILES string of the molecule is CC(C)[C@H](N)C(=O)N1CCN(c2nc3ccccc3o2)CC1.Cl. The van der Waals surface area contributed by atoms with Crippen molar-refractivity contribution in [1.82, 2.24) is 9.88 Å². The Morgan fingerprint density at radius 2 is 1.87 bits per heavy atom. The fraction of sp³-hybridized carbons (Fsp3) is 0.500. The van der Waals surface area contributed by atoms with Gasteiger partial charge in [-0.2, -0.15) is 4.98 Å². The molecular formula is C16H23ClN4O2. The molecule has 2 heterocycles. The lowest BCUT2D eigenvalue weighted by Gasteiger charge is -2.35. The third kappa shape index (κ3) is 3.59. The normalized spacial score (nSPS) is 16.5. The molecule has 0 spiro atoms. The number of carbonyl (C=O) groups excluding carboxylic acids is 1. The van der Waals surface area contributed by atoms with E-state index >= 15 is 0 Å². The predicted octanol–water partition coefficient (Wildman–Crippen LogP) is 1.88. The van der Waals surface area contributed by atoms with Gasteiger partial charge in [-0.3, -0.25) is 4.79 Å². The predicted molar refractivity (Wildman–Crippen MR) is 92.9 cm³/mol. The fourth-order valence-corrected chi connectivity index (χ4v) is 2.61. The number of piperazine rings is 1. The molecule has 1 aliphatic rings. The summed E-state index contributed by atoms with van der Waals surface area (Å²) in [4.78, 5) is 20.7. The van der Waals surface area contributed by atoms with Crippen LogP contribution in [0.15, 0.2) is 28.7 Å². The molecule has 1 aromatic heterocycles. The van der Waals surface area contributed by atoms with E-state index in [0.717, 1.165) is 11.1 Å². The van der Waals surface area contributed by atoms with Crippen LogP contribution in [0.2, 0.25) is 0 Å². The zero-order valence-electron chi connectivity index (χ0n) is 13.4. The molecule has 1 aromatic carbocycles. The Bertz CT molecular complexity index is 632. The van der Waals surface area contributed by atoms with E-state index in [0.29, 0.717) is 32.2 Å². The van der Waals surface area contributed by atoms with E-state index in [-0.39, 0.29) is 24.2 Å². The van der Waals surface area contributed by atoms with Crippen molar-refractivity contribution >= 4 is 35.4 Å². The summed E-state index contributed by atoms with van der Waals surface area (Å²) < 4.78 is 5.78. The largest absolute Gasteiger partial charge is 0.423 e. The number of fused-ring (bicyclic) bond motifs is 1. The number of nitrogens with two attached hydrogens (primary N) is 1. The maximum atomic E-state index is 12.3. The van der Waals surface area contributed by atoms with Crippen LogP contribution in [0.3, 0.4) is 0 Å². The molecule has 2 N–H and O–H groups in total. The minimum absolute atomic E-state index is 0. The summed E-state index contributed by atoms with van der Waals surface area (Å²) in [5, 5.41) is 0. The van der Waals surface area contributed by atoms with Crippen LogP contribution in [0.1, 0.15) is 13.8 Å². The van der Waals surface area contributed by atoms with E-state index < -0.39 is 6.04 Å². The van der Waals surface area contributed by atoms with Crippen molar-refractivity contribution in [2.24, 2.45) is 11.7 Å². The monoisotopic (exact) mass is 338 g/mol. The number of oxazole rings is 1. The second-order valence-electron chi connectivity index (χ2n) is 6.05. The third-order valence-corrected chi connectivity index (χ3v) is 4.15. The molecule has 3 rings (SSSR count). The Kier molecular flexibility index (Phi) is 5.49. The van der Waals surface area contributed by atoms with Gasteiger partial charge in [0.25, 0.3) is 6.01 Å². The van der Waals surface area contributed by atoms with Crippen LogP contribution in [-0.2, 0) is 4.79 Å². The Balaban J connectivity index is 0.00000192. The molecule has 0 bridgehead atoms. The van der Waals surface area contributed by atoms with E-state index in [4.69, 9.17) is 10.2 Å². The van der Waals surface area contributed by atoms with Crippen LogP contribution < -0.4 is 10.6 Å². The van der Waals surface area contributed by atoms with Gasteiger partial charge < -0.3 is 20.0 Å². The summed E-state index contributed by atoms with van der Waals surface area (Å²) in [6.07, 6.45) is 0. The van der Waals surface area contributed by atoms with Gasteiger partial charge in [0, 0.05) is 26.2 Å². The number of anilines is 1. The second-order valence-corrected chi connectivity index (χ2v) is 6.05. The first kappa shape index (κ1) is 17.6. The van der Waals surface area contributed by atoms with Crippen LogP contribution in [0, 0.1) is 5.92 Å². The molecule has 1 atom stereocenters. The Hall–Kier alpha value is -1.79. The van der Waals surface area contributed by atoms with E-state index in [2.05, 4.69) is 9.88 Å². The number of hydrogen-bond donors (Lipinski definition) is 1. The van der Waals surface area contributed by atoms with Gasteiger partial charge in [-0.05, 0) is 18.1 Å². The molecule has 6 nitrogen and oxygen atoms in total. The van der Waals surface area contributed by atoms with Crippen LogP contribution >= 0.6 is 12.4 Å². The van der Waals surface area contributed by atoms with Gasteiger partial charge in [0.05, 0.1) is 6.04 Å². The fourth-order valence-electron chi connectivity index (χ4n) is 2.61. The Morgan fingerprint density at radius 1 is 1.22 bits per heavy atom. The molecule has 0 aliphatic carbocycles.